The van der Waals surface area contributed by atoms with E-state index in [0.717, 1.165) is 33.9 Å². The van der Waals surface area contributed by atoms with Crippen molar-refractivity contribution in [3.63, 3.8) is 0 Å². The van der Waals surface area contributed by atoms with E-state index in [4.69, 9.17) is 9.97 Å². The number of benzene rings is 5. The van der Waals surface area contributed by atoms with Gasteiger partial charge in [0.2, 0.25) is 0 Å². The first-order chi connectivity index (χ1) is 20.8. The molecule has 9 rings (SSSR count). The van der Waals surface area contributed by atoms with Crippen LogP contribution in [-0.4, -0.2) is 9.97 Å². The van der Waals surface area contributed by atoms with Gasteiger partial charge in [0, 0.05) is 21.6 Å². The van der Waals surface area contributed by atoms with Crippen molar-refractivity contribution in [1.29, 1.82) is 0 Å². The van der Waals surface area contributed by atoms with E-state index in [9.17, 15) is 0 Å². The summed E-state index contributed by atoms with van der Waals surface area (Å²) in [6, 6.07) is 49.9. The van der Waals surface area contributed by atoms with E-state index in [0.29, 0.717) is 0 Å². The van der Waals surface area contributed by atoms with Crippen molar-refractivity contribution < 1.29 is 0 Å². The van der Waals surface area contributed by atoms with Gasteiger partial charge < -0.3 is 0 Å². The van der Waals surface area contributed by atoms with Gasteiger partial charge in [-0.2, -0.15) is 0 Å². The van der Waals surface area contributed by atoms with Crippen LogP contribution in [0.4, 0.5) is 0 Å². The minimum atomic E-state index is -0.354. The molecule has 2 aliphatic rings. The fraction of sp³-hybridized carbons (Fsp3) is 0.0256. The van der Waals surface area contributed by atoms with Gasteiger partial charge in [-0.05, 0) is 62.5 Å². The quantitative estimate of drug-likeness (QED) is 0.218. The smallest absolute Gasteiger partial charge is 0.160 e. The average molecular weight is 553 g/mol. The molecular weight excluding hydrogens is 529 g/mol. The first kappa shape index (κ1) is 23.6. The summed E-state index contributed by atoms with van der Waals surface area (Å²) in [5, 5.41) is 2.24. The third kappa shape index (κ3) is 3.20. The Labute approximate surface area is 248 Å². The Kier molecular flexibility index (Phi) is 5.02. The zero-order chi connectivity index (χ0) is 27.7. The van der Waals surface area contributed by atoms with Crippen LogP contribution >= 0.6 is 11.3 Å². The third-order valence-corrected chi connectivity index (χ3v) is 9.76. The summed E-state index contributed by atoms with van der Waals surface area (Å²) in [5.74, 6) is 0.739. The van der Waals surface area contributed by atoms with Gasteiger partial charge in [-0.15, -0.1) is 11.3 Å². The second-order valence-corrected chi connectivity index (χ2v) is 11.9. The van der Waals surface area contributed by atoms with Crippen LogP contribution in [0.2, 0.25) is 0 Å². The van der Waals surface area contributed by atoms with Crippen molar-refractivity contribution in [2.24, 2.45) is 0 Å². The lowest BCUT2D eigenvalue weighted by molar-refractivity contribution is 0.796. The fourth-order valence-electron chi connectivity index (χ4n) is 7.06. The number of thiophene rings is 1. The van der Waals surface area contributed by atoms with Crippen molar-refractivity contribution in [3.8, 4) is 55.5 Å². The van der Waals surface area contributed by atoms with Crippen molar-refractivity contribution in [2.45, 2.75) is 5.41 Å². The molecule has 2 aromatic heterocycles. The van der Waals surface area contributed by atoms with E-state index < -0.39 is 0 Å². The molecule has 42 heavy (non-hydrogen) atoms. The number of fused-ring (bicyclic) bond motifs is 10. The number of rotatable bonds is 3. The van der Waals surface area contributed by atoms with Gasteiger partial charge in [-0.1, -0.05) is 121 Å². The van der Waals surface area contributed by atoms with Gasteiger partial charge in [0.15, 0.2) is 5.82 Å². The molecule has 5 aromatic carbocycles. The SMILES string of the molecule is c1ccc(-c2cc(-c3ccccc3)nc(-c3ccc4c(c3)C3(c5ccccc5-c5ccccc53)c3ccsc3-4)n2)cc1. The van der Waals surface area contributed by atoms with E-state index in [1.54, 1.807) is 0 Å². The number of hydrogen-bond acceptors (Lipinski definition) is 3. The molecule has 0 unspecified atom stereocenters. The van der Waals surface area contributed by atoms with Crippen LogP contribution in [0.3, 0.4) is 0 Å². The number of aromatic nitrogens is 2. The molecule has 0 saturated carbocycles. The molecule has 0 amide bonds. The normalized spacial score (nSPS) is 13.4. The van der Waals surface area contributed by atoms with Crippen molar-refractivity contribution in [3.05, 3.63) is 167 Å². The van der Waals surface area contributed by atoms with Crippen molar-refractivity contribution >= 4 is 11.3 Å². The predicted octanol–water partition coefficient (Wildman–Crippen LogP) is 9.88. The summed E-state index contributed by atoms with van der Waals surface area (Å²) in [5.41, 5.74) is 14.0. The Hall–Kier alpha value is -5.12. The topological polar surface area (TPSA) is 25.8 Å². The van der Waals surface area contributed by atoms with Crippen LogP contribution in [0, 0.1) is 0 Å². The van der Waals surface area contributed by atoms with Crippen LogP contribution in [0.5, 0.6) is 0 Å². The molecule has 0 radical (unpaired) electrons. The van der Waals surface area contributed by atoms with E-state index >= 15 is 0 Å². The number of hydrogen-bond donors (Lipinski definition) is 0. The second-order valence-electron chi connectivity index (χ2n) is 11.0. The van der Waals surface area contributed by atoms with E-state index in [1.165, 1.54) is 43.8 Å². The van der Waals surface area contributed by atoms with Gasteiger partial charge in [-0.25, -0.2) is 9.97 Å². The molecule has 1 spiro atoms. The lowest BCUT2D eigenvalue weighted by Gasteiger charge is -2.30. The van der Waals surface area contributed by atoms with Gasteiger partial charge in [0.25, 0.3) is 0 Å². The first-order valence-electron chi connectivity index (χ1n) is 14.2. The Balaban J connectivity index is 1.31. The Morgan fingerprint density at radius 1 is 0.429 bits per heavy atom. The molecule has 0 fully saturated rings. The Morgan fingerprint density at radius 3 is 1.62 bits per heavy atom. The van der Waals surface area contributed by atoms with E-state index in [2.05, 4.69) is 133 Å². The van der Waals surface area contributed by atoms with Crippen LogP contribution in [0.15, 0.2) is 145 Å². The number of nitrogens with zero attached hydrogens (tertiary/aromatic N) is 2. The maximum Gasteiger partial charge on any atom is 0.160 e. The zero-order valence-corrected chi connectivity index (χ0v) is 23.5. The Morgan fingerprint density at radius 2 is 1.00 bits per heavy atom. The lowest BCUT2D eigenvalue weighted by atomic mass is 9.71. The largest absolute Gasteiger partial charge is 0.228 e. The van der Waals surface area contributed by atoms with E-state index in [-0.39, 0.29) is 5.41 Å². The highest BCUT2D eigenvalue weighted by Crippen LogP contribution is 2.64. The summed E-state index contributed by atoms with van der Waals surface area (Å²) >= 11 is 1.83. The highest BCUT2D eigenvalue weighted by atomic mass is 32.1. The average Bonchev–Trinajstić information content (AvgIpc) is 3.74. The molecule has 0 atom stereocenters. The predicted molar refractivity (Wildman–Crippen MR) is 173 cm³/mol. The molecule has 196 valence electrons. The van der Waals surface area contributed by atoms with Crippen LogP contribution in [0.1, 0.15) is 22.3 Å². The summed E-state index contributed by atoms with van der Waals surface area (Å²) in [6.07, 6.45) is 0. The van der Waals surface area contributed by atoms with Gasteiger partial charge in [0.1, 0.15) is 0 Å². The molecule has 0 bridgehead atoms. The molecule has 2 heterocycles. The Bertz CT molecular complexity index is 2040. The molecule has 3 heteroatoms. The highest BCUT2D eigenvalue weighted by molar-refractivity contribution is 7.14. The van der Waals surface area contributed by atoms with Crippen LogP contribution in [-0.2, 0) is 5.41 Å². The highest BCUT2D eigenvalue weighted by Gasteiger charge is 2.52. The summed E-state index contributed by atoms with van der Waals surface area (Å²) in [4.78, 5) is 11.7. The summed E-state index contributed by atoms with van der Waals surface area (Å²) < 4.78 is 0. The van der Waals surface area contributed by atoms with Gasteiger partial charge in [-0.3, -0.25) is 0 Å². The van der Waals surface area contributed by atoms with Crippen molar-refractivity contribution in [2.75, 3.05) is 0 Å². The molecule has 2 aliphatic carbocycles. The minimum Gasteiger partial charge on any atom is -0.228 e. The minimum absolute atomic E-state index is 0.354. The van der Waals surface area contributed by atoms with Crippen molar-refractivity contribution in [1.82, 2.24) is 9.97 Å². The summed E-state index contributed by atoms with van der Waals surface area (Å²) in [6.45, 7) is 0. The molecule has 2 nitrogen and oxygen atoms in total. The van der Waals surface area contributed by atoms with E-state index in [1.807, 2.05) is 23.5 Å². The lowest BCUT2D eigenvalue weighted by Crippen LogP contribution is -2.25. The zero-order valence-electron chi connectivity index (χ0n) is 22.7. The van der Waals surface area contributed by atoms with Gasteiger partial charge in [0.05, 0.1) is 16.8 Å². The summed E-state index contributed by atoms with van der Waals surface area (Å²) in [7, 11) is 0. The monoisotopic (exact) mass is 552 g/mol. The third-order valence-electron chi connectivity index (χ3n) is 8.81. The van der Waals surface area contributed by atoms with Gasteiger partial charge >= 0.3 is 0 Å². The standard InChI is InChI=1S/C39H24N2S/c1-3-11-25(12-4-1)35-24-36(26-13-5-2-6-14-26)41-38(40-35)27-19-20-30-34(23-27)39(33-21-22-42-37(30)33)31-17-9-7-15-28(31)29-16-8-10-18-32(29)39/h1-24H. The maximum atomic E-state index is 5.16. The molecular formula is C39H24N2S. The second kappa shape index (κ2) is 8.94. The molecule has 0 saturated heterocycles. The van der Waals surface area contributed by atoms with Crippen LogP contribution in [0.25, 0.3) is 55.5 Å². The van der Waals surface area contributed by atoms with Crippen LogP contribution < -0.4 is 0 Å². The first-order valence-corrected chi connectivity index (χ1v) is 15.1. The molecule has 0 aliphatic heterocycles. The fourth-order valence-corrected chi connectivity index (χ4v) is 8.05. The maximum absolute atomic E-state index is 5.16. The molecule has 0 N–H and O–H groups in total. The molecule has 7 aromatic rings.